The molecule has 2 N–H and O–H groups in total. The first-order valence-electron chi connectivity index (χ1n) is 5.95. The normalized spacial score (nSPS) is 16.7. The third-order valence-corrected chi connectivity index (χ3v) is 3.06. The second kappa shape index (κ2) is 4.61. The van der Waals surface area contributed by atoms with Crippen LogP contribution >= 0.6 is 0 Å². The molecule has 1 aromatic heterocycles. The molecule has 19 heavy (non-hydrogen) atoms. The molecule has 1 amide bonds. The molecule has 2 aromatic rings. The summed E-state index contributed by atoms with van der Waals surface area (Å²) in [5, 5.41) is 6.01. The Morgan fingerprint density at radius 3 is 2.95 bits per heavy atom. The topological polar surface area (TPSA) is 63.2 Å². The third-order valence-electron chi connectivity index (χ3n) is 3.06. The summed E-state index contributed by atoms with van der Waals surface area (Å²) in [6, 6.07) is 10.8. The van der Waals surface area contributed by atoms with Gasteiger partial charge in [0.05, 0.1) is 12.8 Å². The molecule has 1 unspecified atom stereocenters. The minimum absolute atomic E-state index is 0.0768. The predicted molar refractivity (Wildman–Crippen MR) is 72.2 cm³/mol. The number of amides is 1. The van der Waals surface area contributed by atoms with E-state index in [2.05, 4.69) is 15.6 Å². The van der Waals surface area contributed by atoms with E-state index < -0.39 is 6.04 Å². The van der Waals surface area contributed by atoms with Crippen molar-refractivity contribution in [3.8, 4) is 5.88 Å². The number of anilines is 2. The molecule has 5 heteroatoms. The van der Waals surface area contributed by atoms with Crippen molar-refractivity contribution in [1.29, 1.82) is 0 Å². The summed E-state index contributed by atoms with van der Waals surface area (Å²) >= 11 is 0. The Morgan fingerprint density at radius 1 is 1.26 bits per heavy atom. The van der Waals surface area contributed by atoms with Gasteiger partial charge in [-0.1, -0.05) is 18.2 Å². The molecule has 1 aromatic carbocycles. The molecule has 2 heterocycles. The number of fused-ring (bicyclic) bond motifs is 1. The molecule has 0 fully saturated rings. The summed E-state index contributed by atoms with van der Waals surface area (Å²) in [7, 11) is 1.55. The standard InChI is InChI=1S/C14H13N3O2/c1-19-14-11(7-4-8-15-14)16-12-9-5-2-3-6-10(9)17-13(12)18/h2-8,12,16H,1H3,(H,17,18). The number of ether oxygens (including phenoxy) is 1. The van der Waals surface area contributed by atoms with Gasteiger partial charge in [0.25, 0.3) is 5.91 Å². The Hall–Kier alpha value is -2.56. The van der Waals surface area contributed by atoms with Crippen molar-refractivity contribution in [2.45, 2.75) is 6.04 Å². The van der Waals surface area contributed by atoms with Gasteiger partial charge in [-0.3, -0.25) is 4.79 Å². The van der Waals surface area contributed by atoms with Gasteiger partial charge in [-0.15, -0.1) is 0 Å². The summed E-state index contributed by atoms with van der Waals surface area (Å²) in [6.07, 6.45) is 1.65. The van der Waals surface area contributed by atoms with Gasteiger partial charge in [-0.2, -0.15) is 0 Å². The zero-order valence-electron chi connectivity index (χ0n) is 10.4. The minimum Gasteiger partial charge on any atom is -0.480 e. The van der Waals surface area contributed by atoms with Gasteiger partial charge in [-0.05, 0) is 18.2 Å². The van der Waals surface area contributed by atoms with Crippen molar-refractivity contribution in [3.05, 3.63) is 48.2 Å². The summed E-state index contributed by atoms with van der Waals surface area (Å²) in [6.45, 7) is 0. The van der Waals surface area contributed by atoms with E-state index in [0.29, 0.717) is 11.6 Å². The van der Waals surface area contributed by atoms with Crippen LogP contribution in [0.4, 0.5) is 11.4 Å². The van der Waals surface area contributed by atoms with E-state index in [-0.39, 0.29) is 5.91 Å². The minimum atomic E-state index is -0.422. The van der Waals surface area contributed by atoms with Crippen molar-refractivity contribution in [3.63, 3.8) is 0 Å². The molecule has 0 bridgehead atoms. The van der Waals surface area contributed by atoms with Crippen LogP contribution in [0.25, 0.3) is 0 Å². The Morgan fingerprint density at radius 2 is 2.11 bits per heavy atom. The van der Waals surface area contributed by atoms with Crippen LogP contribution in [0.3, 0.4) is 0 Å². The first-order valence-corrected chi connectivity index (χ1v) is 5.95. The number of carbonyl (C=O) groups excluding carboxylic acids is 1. The fraction of sp³-hybridized carbons (Fsp3) is 0.143. The van der Waals surface area contributed by atoms with Crippen molar-refractivity contribution < 1.29 is 9.53 Å². The van der Waals surface area contributed by atoms with E-state index in [1.54, 1.807) is 19.4 Å². The zero-order chi connectivity index (χ0) is 13.2. The molecule has 0 saturated heterocycles. The molecule has 1 atom stereocenters. The lowest BCUT2D eigenvalue weighted by Crippen LogP contribution is -2.20. The number of hydrogen-bond acceptors (Lipinski definition) is 4. The molecule has 5 nitrogen and oxygen atoms in total. The van der Waals surface area contributed by atoms with Crippen LogP contribution in [0.1, 0.15) is 11.6 Å². The maximum Gasteiger partial charge on any atom is 0.251 e. The fourth-order valence-electron chi connectivity index (χ4n) is 2.17. The van der Waals surface area contributed by atoms with Gasteiger partial charge in [0.15, 0.2) is 0 Å². The van der Waals surface area contributed by atoms with Crippen LogP contribution in [-0.4, -0.2) is 18.0 Å². The number of methoxy groups -OCH3 is 1. The van der Waals surface area contributed by atoms with Crippen LogP contribution < -0.4 is 15.4 Å². The smallest absolute Gasteiger partial charge is 0.251 e. The van der Waals surface area contributed by atoms with E-state index >= 15 is 0 Å². The number of hydrogen-bond donors (Lipinski definition) is 2. The van der Waals surface area contributed by atoms with E-state index in [4.69, 9.17) is 4.74 Å². The zero-order valence-corrected chi connectivity index (χ0v) is 10.4. The first-order chi connectivity index (χ1) is 9.29. The van der Waals surface area contributed by atoms with Gasteiger partial charge < -0.3 is 15.4 Å². The molecule has 0 aliphatic carbocycles. The SMILES string of the molecule is COc1ncccc1NC1C(=O)Nc2ccccc21. The molecule has 96 valence electrons. The monoisotopic (exact) mass is 255 g/mol. The molecule has 0 spiro atoms. The predicted octanol–water partition coefficient (Wildman–Crippen LogP) is 2.20. The molecule has 1 aliphatic rings. The summed E-state index contributed by atoms with van der Waals surface area (Å²) in [5.74, 6) is 0.395. The quantitative estimate of drug-likeness (QED) is 0.882. The van der Waals surface area contributed by atoms with Crippen molar-refractivity contribution in [1.82, 2.24) is 4.98 Å². The molecule has 3 rings (SSSR count). The highest BCUT2D eigenvalue weighted by Crippen LogP contribution is 2.34. The Bertz CT molecular complexity index is 628. The Labute approximate surface area is 110 Å². The maximum atomic E-state index is 12.0. The second-order valence-corrected chi connectivity index (χ2v) is 4.21. The first kappa shape index (κ1) is 11.5. The van der Waals surface area contributed by atoms with E-state index in [1.807, 2.05) is 30.3 Å². The maximum absolute atomic E-state index is 12.0. The van der Waals surface area contributed by atoms with Gasteiger partial charge in [0, 0.05) is 17.4 Å². The van der Waals surface area contributed by atoms with E-state index in [0.717, 1.165) is 11.3 Å². The van der Waals surface area contributed by atoms with E-state index in [1.165, 1.54) is 0 Å². The van der Waals surface area contributed by atoms with Crippen molar-refractivity contribution in [2.75, 3.05) is 17.7 Å². The van der Waals surface area contributed by atoms with Crippen molar-refractivity contribution >= 4 is 17.3 Å². The van der Waals surface area contributed by atoms with Gasteiger partial charge in [0.2, 0.25) is 5.88 Å². The van der Waals surface area contributed by atoms with Crippen LogP contribution in [0.5, 0.6) is 5.88 Å². The Kier molecular flexibility index (Phi) is 2.79. The molecular formula is C14H13N3O2. The van der Waals surface area contributed by atoms with Crippen LogP contribution in [0.2, 0.25) is 0 Å². The highest BCUT2D eigenvalue weighted by atomic mass is 16.5. The number of nitrogens with one attached hydrogen (secondary N) is 2. The van der Waals surface area contributed by atoms with Crippen LogP contribution in [0, 0.1) is 0 Å². The second-order valence-electron chi connectivity index (χ2n) is 4.21. The summed E-state index contributed by atoms with van der Waals surface area (Å²) < 4.78 is 5.17. The highest BCUT2D eigenvalue weighted by molar-refractivity contribution is 6.04. The molecule has 0 radical (unpaired) electrons. The fourth-order valence-corrected chi connectivity index (χ4v) is 2.17. The number of para-hydroxylation sites is 1. The van der Waals surface area contributed by atoms with Gasteiger partial charge in [-0.25, -0.2) is 4.98 Å². The number of carbonyl (C=O) groups is 1. The summed E-state index contributed by atoms with van der Waals surface area (Å²) in [5.41, 5.74) is 2.47. The molecule has 1 aliphatic heterocycles. The average Bonchev–Trinajstić information content (AvgIpc) is 2.76. The van der Waals surface area contributed by atoms with E-state index in [9.17, 15) is 4.79 Å². The number of aromatic nitrogens is 1. The van der Waals surface area contributed by atoms with Gasteiger partial charge in [0.1, 0.15) is 6.04 Å². The number of pyridine rings is 1. The lowest BCUT2D eigenvalue weighted by molar-refractivity contribution is -0.116. The highest BCUT2D eigenvalue weighted by Gasteiger charge is 2.30. The molecule has 0 saturated carbocycles. The lowest BCUT2D eigenvalue weighted by Gasteiger charge is -2.14. The number of rotatable bonds is 3. The van der Waals surface area contributed by atoms with Crippen LogP contribution in [-0.2, 0) is 4.79 Å². The third kappa shape index (κ3) is 1.99. The largest absolute Gasteiger partial charge is 0.480 e. The van der Waals surface area contributed by atoms with Crippen molar-refractivity contribution in [2.24, 2.45) is 0 Å². The lowest BCUT2D eigenvalue weighted by atomic mass is 10.1. The Balaban J connectivity index is 1.93. The number of benzene rings is 1. The van der Waals surface area contributed by atoms with Crippen LogP contribution in [0.15, 0.2) is 42.6 Å². The number of nitrogens with zero attached hydrogens (tertiary/aromatic N) is 1. The summed E-state index contributed by atoms with van der Waals surface area (Å²) in [4.78, 5) is 16.1. The molecular weight excluding hydrogens is 242 g/mol. The van der Waals surface area contributed by atoms with Gasteiger partial charge >= 0.3 is 0 Å². The average molecular weight is 255 g/mol.